The third-order valence-corrected chi connectivity index (χ3v) is 2.84. The number of nitrogens with two attached hydrogens (primary N) is 1. The lowest BCUT2D eigenvalue weighted by molar-refractivity contribution is 0.0848. The molecule has 1 atom stereocenters. The van der Waals surface area contributed by atoms with Gasteiger partial charge in [0.15, 0.2) is 0 Å². The zero-order chi connectivity index (χ0) is 13.1. The Morgan fingerprint density at radius 2 is 2.24 bits per heavy atom. The van der Waals surface area contributed by atoms with Crippen LogP contribution in [0.1, 0.15) is 30.6 Å². The van der Waals surface area contributed by atoms with Crippen LogP contribution in [-0.4, -0.2) is 23.2 Å². The minimum atomic E-state index is -0.726. The van der Waals surface area contributed by atoms with Crippen molar-refractivity contribution in [3.05, 3.63) is 29.6 Å². The van der Waals surface area contributed by atoms with Crippen molar-refractivity contribution in [1.82, 2.24) is 5.32 Å². The summed E-state index contributed by atoms with van der Waals surface area (Å²) in [5.74, 6) is -1.11. The number of amides is 1. The number of rotatable bonds is 4. The molecule has 1 amide bonds. The molecule has 0 fully saturated rings. The molecule has 0 saturated carbocycles. The standard InChI is InChI=1S/C12H17FN2O2/c1-3-12(2,7-16)15-11(17)8-5-4-6-9(13)10(8)14/h4-6,16H,3,7,14H2,1-2H3,(H,15,17). The van der Waals surface area contributed by atoms with Crippen molar-refractivity contribution in [2.75, 3.05) is 12.3 Å². The van der Waals surface area contributed by atoms with Gasteiger partial charge in [-0.05, 0) is 25.5 Å². The summed E-state index contributed by atoms with van der Waals surface area (Å²) in [6.45, 7) is 3.36. The van der Waals surface area contributed by atoms with Gasteiger partial charge in [0, 0.05) is 0 Å². The number of hydrogen-bond donors (Lipinski definition) is 3. The van der Waals surface area contributed by atoms with Gasteiger partial charge in [-0.2, -0.15) is 0 Å². The SMILES string of the molecule is CCC(C)(CO)NC(=O)c1cccc(F)c1N. The number of halogens is 1. The molecule has 17 heavy (non-hydrogen) atoms. The fourth-order valence-corrected chi connectivity index (χ4v) is 1.32. The molecule has 4 nitrogen and oxygen atoms in total. The molecule has 0 aliphatic rings. The van der Waals surface area contributed by atoms with Crippen molar-refractivity contribution in [2.24, 2.45) is 0 Å². The normalized spacial score (nSPS) is 14.1. The van der Waals surface area contributed by atoms with Crippen molar-refractivity contribution >= 4 is 11.6 Å². The maximum atomic E-state index is 13.2. The summed E-state index contributed by atoms with van der Waals surface area (Å²) in [4.78, 5) is 11.9. The van der Waals surface area contributed by atoms with Gasteiger partial charge in [0.1, 0.15) is 5.82 Å². The summed E-state index contributed by atoms with van der Waals surface area (Å²) in [5, 5.41) is 11.8. The molecule has 0 aromatic heterocycles. The topological polar surface area (TPSA) is 75.3 Å². The van der Waals surface area contributed by atoms with E-state index < -0.39 is 17.3 Å². The average molecular weight is 240 g/mol. The highest BCUT2D eigenvalue weighted by Gasteiger charge is 2.25. The first-order valence-corrected chi connectivity index (χ1v) is 5.41. The second-order valence-corrected chi connectivity index (χ2v) is 4.23. The summed E-state index contributed by atoms with van der Waals surface area (Å²) in [6.07, 6.45) is 0.560. The van der Waals surface area contributed by atoms with E-state index in [1.807, 2.05) is 6.92 Å². The number of carbonyl (C=O) groups excluding carboxylic acids is 1. The zero-order valence-electron chi connectivity index (χ0n) is 9.96. The van der Waals surface area contributed by atoms with E-state index >= 15 is 0 Å². The maximum absolute atomic E-state index is 13.2. The Bertz CT molecular complexity index is 417. The molecular formula is C12H17FN2O2. The van der Waals surface area contributed by atoms with Gasteiger partial charge in [-0.1, -0.05) is 13.0 Å². The van der Waals surface area contributed by atoms with Gasteiger partial charge in [0.25, 0.3) is 5.91 Å². The molecule has 0 aliphatic carbocycles. The molecule has 4 N–H and O–H groups in total. The number of para-hydroxylation sites is 1. The monoisotopic (exact) mass is 240 g/mol. The van der Waals surface area contributed by atoms with E-state index in [-0.39, 0.29) is 17.9 Å². The van der Waals surface area contributed by atoms with Gasteiger partial charge >= 0.3 is 0 Å². The average Bonchev–Trinajstić information content (AvgIpc) is 2.32. The van der Waals surface area contributed by atoms with Crippen molar-refractivity contribution < 1.29 is 14.3 Å². The van der Waals surface area contributed by atoms with E-state index in [2.05, 4.69) is 5.32 Å². The molecular weight excluding hydrogens is 223 g/mol. The summed E-state index contributed by atoms with van der Waals surface area (Å²) < 4.78 is 13.2. The predicted molar refractivity (Wildman–Crippen MR) is 64.1 cm³/mol. The van der Waals surface area contributed by atoms with Gasteiger partial charge < -0.3 is 16.2 Å². The molecule has 94 valence electrons. The Hall–Kier alpha value is -1.62. The minimum absolute atomic E-state index is 0.0816. The van der Waals surface area contributed by atoms with E-state index in [9.17, 15) is 14.3 Å². The van der Waals surface area contributed by atoms with E-state index in [0.29, 0.717) is 6.42 Å². The number of aliphatic hydroxyl groups excluding tert-OH is 1. The van der Waals surface area contributed by atoms with Crippen LogP contribution < -0.4 is 11.1 Å². The van der Waals surface area contributed by atoms with Gasteiger partial charge in [0.2, 0.25) is 0 Å². The second kappa shape index (κ2) is 5.14. The lowest BCUT2D eigenvalue weighted by Gasteiger charge is -2.27. The number of hydrogen-bond acceptors (Lipinski definition) is 3. The number of anilines is 1. The molecule has 1 rings (SSSR count). The van der Waals surface area contributed by atoms with Crippen LogP contribution >= 0.6 is 0 Å². The summed E-state index contributed by atoms with van der Waals surface area (Å²) in [6, 6.07) is 4.06. The molecule has 5 heteroatoms. The molecule has 0 heterocycles. The van der Waals surface area contributed by atoms with Crippen LogP contribution in [0.4, 0.5) is 10.1 Å². The Kier molecular flexibility index (Phi) is 4.07. The van der Waals surface area contributed by atoms with Crippen LogP contribution in [-0.2, 0) is 0 Å². The van der Waals surface area contributed by atoms with Crippen LogP contribution in [0.5, 0.6) is 0 Å². The first kappa shape index (κ1) is 13.4. The molecule has 0 saturated heterocycles. The van der Waals surface area contributed by atoms with Crippen LogP contribution in [0.3, 0.4) is 0 Å². The van der Waals surface area contributed by atoms with Crippen LogP contribution in [0, 0.1) is 5.82 Å². The third kappa shape index (κ3) is 2.94. The van der Waals surface area contributed by atoms with Crippen LogP contribution in [0.15, 0.2) is 18.2 Å². The molecule has 0 radical (unpaired) electrons. The number of carbonyl (C=O) groups is 1. The molecule has 0 spiro atoms. The highest BCUT2D eigenvalue weighted by molar-refractivity contribution is 5.99. The Labute approximate surface area is 99.6 Å². The number of nitrogens with one attached hydrogen (secondary N) is 1. The van der Waals surface area contributed by atoms with E-state index in [4.69, 9.17) is 5.73 Å². The maximum Gasteiger partial charge on any atom is 0.253 e. The van der Waals surface area contributed by atoms with Gasteiger partial charge in [0.05, 0.1) is 23.4 Å². The molecule has 0 bridgehead atoms. The molecule has 1 aromatic carbocycles. The van der Waals surface area contributed by atoms with Crippen molar-refractivity contribution in [1.29, 1.82) is 0 Å². The van der Waals surface area contributed by atoms with Crippen molar-refractivity contribution in [3.63, 3.8) is 0 Å². The summed E-state index contributed by atoms with van der Waals surface area (Å²) in [5.41, 5.74) is 4.66. The Balaban J connectivity index is 2.94. The highest BCUT2D eigenvalue weighted by Crippen LogP contribution is 2.17. The quantitative estimate of drug-likeness (QED) is 0.694. The van der Waals surface area contributed by atoms with Gasteiger partial charge in [-0.25, -0.2) is 4.39 Å². The predicted octanol–water partition coefficient (Wildman–Crippen LogP) is 1.30. The first-order chi connectivity index (χ1) is 7.93. The van der Waals surface area contributed by atoms with Crippen molar-refractivity contribution in [3.8, 4) is 0 Å². The molecule has 0 aliphatic heterocycles. The zero-order valence-corrected chi connectivity index (χ0v) is 9.96. The fraction of sp³-hybridized carbons (Fsp3) is 0.417. The van der Waals surface area contributed by atoms with E-state index in [1.165, 1.54) is 18.2 Å². The third-order valence-electron chi connectivity index (χ3n) is 2.84. The van der Waals surface area contributed by atoms with Gasteiger partial charge in [-0.3, -0.25) is 4.79 Å². The second-order valence-electron chi connectivity index (χ2n) is 4.23. The van der Waals surface area contributed by atoms with Crippen LogP contribution in [0.2, 0.25) is 0 Å². The minimum Gasteiger partial charge on any atom is -0.396 e. The lowest BCUT2D eigenvalue weighted by atomic mass is 9.99. The Morgan fingerprint density at radius 3 is 2.76 bits per heavy atom. The highest BCUT2D eigenvalue weighted by atomic mass is 19.1. The summed E-state index contributed by atoms with van der Waals surface area (Å²) in [7, 11) is 0. The number of nitrogen functional groups attached to an aromatic ring is 1. The summed E-state index contributed by atoms with van der Waals surface area (Å²) >= 11 is 0. The van der Waals surface area contributed by atoms with Gasteiger partial charge in [-0.15, -0.1) is 0 Å². The largest absolute Gasteiger partial charge is 0.396 e. The van der Waals surface area contributed by atoms with E-state index in [0.717, 1.165) is 0 Å². The first-order valence-electron chi connectivity index (χ1n) is 5.41. The van der Waals surface area contributed by atoms with Crippen LogP contribution in [0.25, 0.3) is 0 Å². The Morgan fingerprint density at radius 1 is 1.59 bits per heavy atom. The molecule has 1 aromatic rings. The molecule has 1 unspecified atom stereocenters. The number of benzene rings is 1. The fourth-order valence-electron chi connectivity index (χ4n) is 1.32. The number of aliphatic hydroxyl groups is 1. The smallest absolute Gasteiger partial charge is 0.253 e. The van der Waals surface area contributed by atoms with E-state index in [1.54, 1.807) is 6.92 Å². The van der Waals surface area contributed by atoms with Crippen molar-refractivity contribution in [2.45, 2.75) is 25.8 Å². The lowest BCUT2D eigenvalue weighted by Crippen LogP contribution is -2.48.